The van der Waals surface area contributed by atoms with Crippen LogP contribution in [0.5, 0.6) is 0 Å². The molecule has 2 nitrogen and oxygen atoms in total. The lowest BCUT2D eigenvalue weighted by Crippen LogP contribution is -2.38. The van der Waals surface area contributed by atoms with Crippen molar-refractivity contribution in [3.05, 3.63) is 0 Å². The number of rotatable bonds is 10. The molecule has 4 saturated carbocycles. The van der Waals surface area contributed by atoms with Gasteiger partial charge in [-0.2, -0.15) is 0 Å². The topological polar surface area (TPSA) is 18.5 Å². The molecule has 0 saturated heterocycles. The molecule has 6 unspecified atom stereocenters. The van der Waals surface area contributed by atoms with E-state index in [2.05, 4.69) is 41.5 Å². The van der Waals surface area contributed by atoms with Crippen molar-refractivity contribution in [3.8, 4) is 0 Å². The van der Waals surface area contributed by atoms with Gasteiger partial charge in [-0.25, -0.2) is 0 Å². The van der Waals surface area contributed by atoms with E-state index in [1.807, 2.05) is 0 Å². The molecule has 0 aliphatic heterocycles. The molecule has 0 heterocycles. The van der Waals surface area contributed by atoms with Crippen LogP contribution in [0.3, 0.4) is 0 Å². The van der Waals surface area contributed by atoms with E-state index >= 15 is 0 Å². The van der Waals surface area contributed by atoms with Gasteiger partial charge >= 0.3 is 0 Å². The Balaban J connectivity index is 1.30. The third-order valence-electron chi connectivity index (χ3n) is 10.1. The van der Waals surface area contributed by atoms with Crippen molar-refractivity contribution in [1.82, 2.24) is 0 Å². The molecule has 8 atom stereocenters. The summed E-state index contributed by atoms with van der Waals surface area (Å²) in [5.74, 6) is 6.72. The molecule has 0 radical (unpaired) electrons. The lowest BCUT2D eigenvalue weighted by atomic mass is 9.68. The molecule has 4 fully saturated rings. The summed E-state index contributed by atoms with van der Waals surface area (Å²) in [6.07, 6.45) is 15.2. The van der Waals surface area contributed by atoms with Crippen LogP contribution in [0, 0.1) is 52.8 Å². The van der Waals surface area contributed by atoms with E-state index in [9.17, 15) is 0 Å². The Morgan fingerprint density at radius 1 is 0.806 bits per heavy atom. The van der Waals surface area contributed by atoms with Gasteiger partial charge < -0.3 is 9.47 Å². The highest BCUT2D eigenvalue weighted by atomic mass is 16.5. The summed E-state index contributed by atoms with van der Waals surface area (Å²) in [5, 5.41) is 0. The van der Waals surface area contributed by atoms with Crippen molar-refractivity contribution in [2.45, 2.75) is 118 Å². The van der Waals surface area contributed by atoms with Crippen molar-refractivity contribution < 1.29 is 9.47 Å². The van der Waals surface area contributed by atoms with Crippen LogP contribution < -0.4 is 0 Å². The maximum atomic E-state index is 6.74. The van der Waals surface area contributed by atoms with Gasteiger partial charge in [0.15, 0.2) is 0 Å². The molecule has 4 rings (SSSR count). The fourth-order valence-corrected chi connectivity index (χ4v) is 8.11. The fraction of sp³-hybridized carbons (Fsp3) is 1.00. The zero-order valence-electron chi connectivity index (χ0n) is 21.6. The van der Waals surface area contributed by atoms with Gasteiger partial charge in [0, 0.05) is 6.61 Å². The molecule has 0 spiro atoms. The van der Waals surface area contributed by atoms with Gasteiger partial charge in [-0.15, -0.1) is 0 Å². The average Bonchev–Trinajstić information content (AvgIpc) is 3.26. The van der Waals surface area contributed by atoms with Crippen LogP contribution in [0.15, 0.2) is 0 Å². The number of fused-ring (bicyclic) bond motifs is 4. The number of hydrogen-bond acceptors (Lipinski definition) is 2. The molecular formula is C29H52O2. The second-order valence-electron chi connectivity index (χ2n) is 13.4. The van der Waals surface area contributed by atoms with Crippen LogP contribution in [-0.4, -0.2) is 25.4 Å². The number of ether oxygens (including phenoxy) is 2. The quantitative estimate of drug-likeness (QED) is 0.351. The zero-order chi connectivity index (χ0) is 22.2. The minimum Gasteiger partial charge on any atom is -0.378 e. The van der Waals surface area contributed by atoms with Gasteiger partial charge in [0.05, 0.1) is 18.8 Å². The van der Waals surface area contributed by atoms with Gasteiger partial charge in [0.2, 0.25) is 0 Å². The predicted molar refractivity (Wildman–Crippen MR) is 130 cm³/mol. The monoisotopic (exact) mass is 432 g/mol. The lowest BCUT2D eigenvalue weighted by Gasteiger charge is -2.42. The molecule has 0 N–H and O–H groups in total. The summed E-state index contributed by atoms with van der Waals surface area (Å²) in [4.78, 5) is 0. The molecule has 2 heteroatoms. The Bertz CT molecular complexity index is 559. The summed E-state index contributed by atoms with van der Waals surface area (Å²) in [5.41, 5.74) is 0.388. The Morgan fingerprint density at radius 2 is 1.52 bits per heavy atom. The van der Waals surface area contributed by atoms with Crippen molar-refractivity contribution in [2.24, 2.45) is 52.8 Å². The summed E-state index contributed by atoms with van der Waals surface area (Å²) in [7, 11) is 0. The number of hydrogen-bond donors (Lipinski definition) is 0. The maximum Gasteiger partial charge on any atom is 0.0600 e. The van der Waals surface area contributed by atoms with Gasteiger partial charge in [-0.3, -0.25) is 0 Å². The molecule has 4 aliphatic rings. The van der Waals surface area contributed by atoms with Crippen LogP contribution >= 0.6 is 0 Å². The SMILES string of the molecule is CC(C)[C@@H](C)OCC1(C)CC2CC(C[C@@H](OCC3CC4CCCC(C4)C3)C(C)C)C1C2. The smallest absolute Gasteiger partial charge is 0.0600 e. The third-order valence-corrected chi connectivity index (χ3v) is 10.1. The maximum absolute atomic E-state index is 6.74. The normalized spacial score (nSPS) is 41.8. The summed E-state index contributed by atoms with van der Waals surface area (Å²) in [6.45, 7) is 16.1. The predicted octanol–water partition coefficient (Wildman–Crippen LogP) is 7.75. The first-order chi connectivity index (χ1) is 14.7. The van der Waals surface area contributed by atoms with Crippen molar-refractivity contribution in [3.63, 3.8) is 0 Å². The Hall–Kier alpha value is -0.0800. The zero-order valence-corrected chi connectivity index (χ0v) is 21.6. The van der Waals surface area contributed by atoms with Crippen LogP contribution in [0.25, 0.3) is 0 Å². The molecule has 0 aromatic rings. The molecular weight excluding hydrogens is 380 g/mol. The third kappa shape index (κ3) is 5.71. The largest absolute Gasteiger partial charge is 0.378 e. The summed E-state index contributed by atoms with van der Waals surface area (Å²) < 4.78 is 13.1. The Labute approximate surface area is 193 Å². The minimum absolute atomic E-state index is 0.371. The second kappa shape index (κ2) is 10.0. The standard InChI is InChI=1S/C29H52O2/c1-19(2)21(5)31-18-29(6)16-24-13-26(27(29)14-24)15-28(20(3)4)30-17-25-11-22-8-7-9-23(10-22)12-25/h19-28H,7-18H2,1-6H3/t21-,22?,23?,24?,25?,26?,27?,28-,29?/m1/s1. The van der Waals surface area contributed by atoms with E-state index in [-0.39, 0.29) is 0 Å². The average molecular weight is 433 g/mol. The second-order valence-corrected chi connectivity index (χ2v) is 13.4. The Kier molecular flexibility index (Phi) is 7.79. The van der Waals surface area contributed by atoms with Crippen molar-refractivity contribution in [1.29, 1.82) is 0 Å². The highest BCUT2D eigenvalue weighted by Gasteiger charge is 2.53. The van der Waals surface area contributed by atoms with E-state index in [1.165, 1.54) is 64.2 Å². The van der Waals surface area contributed by atoms with E-state index in [0.29, 0.717) is 29.5 Å². The van der Waals surface area contributed by atoms with Crippen molar-refractivity contribution >= 4 is 0 Å². The first-order valence-electron chi connectivity index (χ1n) is 14.0. The van der Waals surface area contributed by atoms with Crippen LogP contribution in [0.4, 0.5) is 0 Å². The molecule has 0 aromatic heterocycles. The lowest BCUT2D eigenvalue weighted by molar-refractivity contribution is -0.0639. The van der Waals surface area contributed by atoms with E-state index in [1.54, 1.807) is 0 Å². The van der Waals surface area contributed by atoms with Gasteiger partial charge in [0.1, 0.15) is 0 Å². The van der Waals surface area contributed by atoms with E-state index < -0.39 is 0 Å². The molecule has 4 aliphatic carbocycles. The summed E-state index contributed by atoms with van der Waals surface area (Å²) >= 11 is 0. The Morgan fingerprint density at radius 3 is 2.13 bits per heavy atom. The highest BCUT2D eigenvalue weighted by molar-refractivity contribution is 5.02. The van der Waals surface area contributed by atoms with Crippen molar-refractivity contribution in [2.75, 3.05) is 13.2 Å². The van der Waals surface area contributed by atoms with Crippen LogP contribution in [-0.2, 0) is 9.47 Å². The first-order valence-corrected chi connectivity index (χ1v) is 14.0. The first kappa shape index (κ1) is 24.1. The van der Waals surface area contributed by atoms with Gasteiger partial charge in [0.25, 0.3) is 0 Å². The molecule has 0 aromatic carbocycles. The minimum atomic E-state index is 0.371. The summed E-state index contributed by atoms with van der Waals surface area (Å²) in [6, 6.07) is 0. The van der Waals surface area contributed by atoms with E-state index in [0.717, 1.165) is 48.7 Å². The van der Waals surface area contributed by atoms with Gasteiger partial charge in [-0.05, 0) is 105 Å². The van der Waals surface area contributed by atoms with Crippen LogP contribution in [0.2, 0.25) is 0 Å². The fourth-order valence-electron chi connectivity index (χ4n) is 8.11. The molecule has 180 valence electrons. The van der Waals surface area contributed by atoms with Gasteiger partial charge in [-0.1, -0.05) is 53.9 Å². The molecule has 31 heavy (non-hydrogen) atoms. The molecule has 4 bridgehead atoms. The van der Waals surface area contributed by atoms with Crippen LogP contribution in [0.1, 0.15) is 106 Å². The molecule has 0 amide bonds. The van der Waals surface area contributed by atoms with E-state index in [4.69, 9.17) is 9.47 Å². The highest BCUT2D eigenvalue weighted by Crippen LogP contribution is 2.60.